The van der Waals surface area contributed by atoms with E-state index in [1.165, 1.54) is 10.4 Å². The molecule has 1 aromatic heterocycles. The van der Waals surface area contributed by atoms with E-state index in [0.717, 1.165) is 18.8 Å². The van der Waals surface area contributed by atoms with Crippen LogP contribution in [-0.4, -0.2) is 0 Å². The third-order valence-electron chi connectivity index (χ3n) is 2.43. The molecule has 17 heavy (non-hydrogen) atoms. The Balaban J connectivity index is 2.43. The van der Waals surface area contributed by atoms with Gasteiger partial charge in [0.05, 0.1) is 8.61 Å². The summed E-state index contributed by atoms with van der Waals surface area (Å²) in [5.41, 5.74) is 2.34. The minimum absolute atomic E-state index is 0.130. The van der Waals surface area contributed by atoms with E-state index in [2.05, 4.69) is 60.8 Å². The van der Waals surface area contributed by atoms with Gasteiger partial charge in [0.15, 0.2) is 0 Å². The predicted octanol–water partition coefficient (Wildman–Crippen LogP) is 6.72. The average molecular weight is 459 g/mol. The van der Waals surface area contributed by atoms with Gasteiger partial charge in [0, 0.05) is 14.4 Å². The third kappa shape index (κ3) is 3.16. The van der Waals surface area contributed by atoms with Crippen molar-refractivity contribution >= 4 is 70.7 Å². The molecule has 0 aliphatic heterocycles. The van der Waals surface area contributed by atoms with E-state index in [1.807, 2.05) is 18.2 Å². The zero-order valence-corrected chi connectivity index (χ0v) is 15.1. The molecule has 0 N–H and O–H groups in total. The van der Waals surface area contributed by atoms with Crippen LogP contribution in [0.5, 0.6) is 0 Å². The summed E-state index contributed by atoms with van der Waals surface area (Å²) in [7, 11) is 0. The minimum Gasteiger partial charge on any atom is -0.133 e. The van der Waals surface area contributed by atoms with Crippen LogP contribution in [0.25, 0.3) is 0 Å². The Bertz CT molecular complexity index is 551. The Morgan fingerprint density at radius 3 is 2.41 bits per heavy atom. The lowest BCUT2D eigenvalue weighted by atomic mass is 10.1. The molecule has 5 heteroatoms. The van der Waals surface area contributed by atoms with Gasteiger partial charge in [-0.05, 0) is 52.2 Å². The van der Waals surface area contributed by atoms with Gasteiger partial charge in [-0.3, -0.25) is 0 Å². The fourth-order valence-corrected chi connectivity index (χ4v) is 5.27. The molecular formula is C12H8Br3ClS. The molecule has 0 bridgehead atoms. The van der Waals surface area contributed by atoms with Crippen molar-refractivity contribution in [1.29, 1.82) is 0 Å². The van der Waals surface area contributed by atoms with Crippen molar-refractivity contribution in [3.8, 4) is 0 Å². The summed E-state index contributed by atoms with van der Waals surface area (Å²) in [6.07, 6.45) is 0. The van der Waals surface area contributed by atoms with Crippen molar-refractivity contribution in [1.82, 2.24) is 0 Å². The van der Waals surface area contributed by atoms with Crippen LogP contribution in [-0.2, 0) is 0 Å². The zero-order chi connectivity index (χ0) is 12.6. The molecule has 1 aromatic carbocycles. The Morgan fingerprint density at radius 2 is 1.88 bits per heavy atom. The highest BCUT2D eigenvalue weighted by molar-refractivity contribution is 9.11. The molecule has 0 saturated heterocycles. The lowest BCUT2D eigenvalue weighted by molar-refractivity contribution is 1.17. The Morgan fingerprint density at radius 1 is 1.18 bits per heavy atom. The second kappa shape index (κ2) is 5.74. The monoisotopic (exact) mass is 456 g/mol. The van der Waals surface area contributed by atoms with Gasteiger partial charge in [0.25, 0.3) is 0 Å². The normalized spacial score (nSPS) is 12.8. The lowest BCUT2D eigenvalue weighted by Crippen LogP contribution is -1.93. The van der Waals surface area contributed by atoms with Crippen LogP contribution in [0.4, 0.5) is 0 Å². The molecule has 1 atom stereocenters. The SMILES string of the molecule is Cc1sc(Br)cc1C(Br)c1ccc(Br)cc1Cl. The van der Waals surface area contributed by atoms with Gasteiger partial charge in [-0.15, -0.1) is 11.3 Å². The van der Waals surface area contributed by atoms with Crippen molar-refractivity contribution in [3.63, 3.8) is 0 Å². The van der Waals surface area contributed by atoms with Gasteiger partial charge in [-0.1, -0.05) is 49.5 Å². The van der Waals surface area contributed by atoms with Gasteiger partial charge < -0.3 is 0 Å². The molecule has 2 rings (SSSR count). The van der Waals surface area contributed by atoms with Crippen LogP contribution in [0.3, 0.4) is 0 Å². The summed E-state index contributed by atoms with van der Waals surface area (Å²) in [6.45, 7) is 2.12. The van der Waals surface area contributed by atoms with Gasteiger partial charge in [-0.25, -0.2) is 0 Å². The summed E-state index contributed by atoms with van der Waals surface area (Å²) in [4.78, 5) is 1.42. The van der Waals surface area contributed by atoms with Crippen molar-refractivity contribution in [2.45, 2.75) is 11.8 Å². The molecule has 1 heterocycles. The average Bonchev–Trinajstić information content (AvgIpc) is 2.57. The summed E-state index contributed by atoms with van der Waals surface area (Å²) >= 11 is 18.6. The standard InChI is InChI=1S/C12H8Br3ClS/c1-6-9(5-11(14)17-6)12(15)8-3-2-7(13)4-10(8)16/h2-5,12H,1H3. The van der Waals surface area contributed by atoms with Gasteiger partial charge in [0.2, 0.25) is 0 Å². The first-order valence-corrected chi connectivity index (χ1v) is 8.53. The molecule has 90 valence electrons. The summed E-state index contributed by atoms with van der Waals surface area (Å²) < 4.78 is 2.14. The van der Waals surface area contributed by atoms with E-state index in [9.17, 15) is 0 Å². The molecule has 0 amide bonds. The maximum Gasteiger partial charge on any atom is 0.0704 e. The van der Waals surface area contributed by atoms with E-state index in [-0.39, 0.29) is 4.83 Å². The maximum atomic E-state index is 6.27. The molecule has 0 saturated carbocycles. The molecule has 0 nitrogen and oxygen atoms in total. The number of halogens is 4. The predicted molar refractivity (Wildman–Crippen MR) is 86.7 cm³/mol. The molecule has 0 spiro atoms. The maximum absolute atomic E-state index is 6.27. The number of thiophene rings is 1. The number of alkyl halides is 1. The Kier molecular flexibility index (Phi) is 4.75. The van der Waals surface area contributed by atoms with Crippen LogP contribution < -0.4 is 0 Å². The largest absolute Gasteiger partial charge is 0.133 e. The fraction of sp³-hybridized carbons (Fsp3) is 0.167. The van der Waals surface area contributed by atoms with Crippen LogP contribution in [0.1, 0.15) is 20.8 Å². The molecule has 2 aromatic rings. The molecular weight excluding hydrogens is 451 g/mol. The lowest BCUT2D eigenvalue weighted by Gasteiger charge is -2.12. The Hall–Kier alpha value is 0.650. The second-order valence-electron chi connectivity index (χ2n) is 3.59. The van der Waals surface area contributed by atoms with E-state index in [0.29, 0.717) is 0 Å². The van der Waals surface area contributed by atoms with Crippen LogP contribution in [0.2, 0.25) is 5.02 Å². The smallest absolute Gasteiger partial charge is 0.0704 e. The van der Waals surface area contributed by atoms with Crippen LogP contribution >= 0.6 is 70.7 Å². The second-order valence-corrected chi connectivity index (χ2v) is 8.46. The van der Waals surface area contributed by atoms with E-state index >= 15 is 0 Å². The highest BCUT2D eigenvalue weighted by Crippen LogP contribution is 2.41. The first-order chi connectivity index (χ1) is 7.99. The number of benzene rings is 1. The first-order valence-electron chi connectivity index (χ1n) is 4.84. The first kappa shape index (κ1) is 14.1. The van der Waals surface area contributed by atoms with E-state index in [4.69, 9.17) is 11.6 Å². The summed E-state index contributed by atoms with van der Waals surface area (Å²) in [5.74, 6) is 0. The van der Waals surface area contributed by atoms with Crippen molar-refractivity contribution in [2.24, 2.45) is 0 Å². The highest BCUT2D eigenvalue weighted by Gasteiger charge is 2.17. The van der Waals surface area contributed by atoms with E-state index < -0.39 is 0 Å². The molecule has 1 unspecified atom stereocenters. The molecule has 0 aliphatic carbocycles. The fourth-order valence-electron chi connectivity index (χ4n) is 1.58. The van der Waals surface area contributed by atoms with Gasteiger partial charge in [-0.2, -0.15) is 0 Å². The zero-order valence-electron chi connectivity index (χ0n) is 8.81. The van der Waals surface area contributed by atoms with Crippen LogP contribution in [0, 0.1) is 6.92 Å². The van der Waals surface area contributed by atoms with Crippen LogP contribution in [0.15, 0.2) is 32.5 Å². The topological polar surface area (TPSA) is 0 Å². The van der Waals surface area contributed by atoms with Gasteiger partial charge in [0.1, 0.15) is 0 Å². The van der Waals surface area contributed by atoms with Gasteiger partial charge >= 0.3 is 0 Å². The minimum atomic E-state index is 0.130. The molecule has 0 radical (unpaired) electrons. The van der Waals surface area contributed by atoms with E-state index in [1.54, 1.807) is 11.3 Å². The third-order valence-corrected chi connectivity index (χ3v) is 5.81. The van der Waals surface area contributed by atoms with Crippen molar-refractivity contribution < 1.29 is 0 Å². The number of hydrogen-bond donors (Lipinski definition) is 0. The Labute approximate surface area is 135 Å². The molecule has 0 aliphatic rings. The quantitative estimate of drug-likeness (QED) is 0.438. The van der Waals surface area contributed by atoms with Crippen molar-refractivity contribution in [2.75, 3.05) is 0 Å². The number of hydrogen-bond acceptors (Lipinski definition) is 1. The summed E-state index contributed by atoms with van der Waals surface area (Å²) in [6, 6.07) is 8.10. The number of rotatable bonds is 2. The van der Waals surface area contributed by atoms with Crippen molar-refractivity contribution in [3.05, 3.63) is 53.6 Å². The number of aryl methyl sites for hydroxylation is 1. The molecule has 0 fully saturated rings. The highest BCUT2D eigenvalue weighted by atomic mass is 79.9. The summed E-state index contributed by atoms with van der Waals surface area (Å²) in [5, 5.41) is 0.767.